The zero-order valence-electron chi connectivity index (χ0n) is 13.7. The van der Waals surface area contributed by atoms with Crippen LogP contribution in [0.25, 0.3) is 0 Å². The summed E-state index contributed by atoms with van der Waals surface area (Å²) in [5.41, 5.74) is 0.677. The summed E-state index contributed by atoms with van der Waals surface area (Å²) in [5, 5.41) is 3.47. The molecule has 118 valence electrons. The first-order valence-electron chi connectivity index (χ1n) is 7.15. The molecular formula is C17H25Br2NO. The minimum atomic E-state index is -0.355. The molecule has 0 aliphatic rings. The lowest BCUT2D eigenvalue weighted by Crippen LogP contribution is -2.51. The van der Waals surface area contributed by atoms with Crippen molar-refractivity contribution >= 4 is 37.6 Å². The first-order chi connectivity index (χ1) is 9.38. The number of carbonyl (C=O) groups is 1. The van der Waals surface area contributed by atoms with Crippen LogP contribution in [0, 0.1) is 5.41 Å². The summed E-state index contributed by atoms with van der Waals surface area (Å²) >= 11 is 7.01. The number of rotatable bonds is 4. The molecule has 0 aliphatic carbocycles. The molecule has 4 heteroatoms. The van der Waals surface area contributed by atoms with E-state index < -0.39 is 0 Å². The third-order valence-corrected chi connectivity index (χ3v) is 3.94. The van der Waals surface area contributed by atoms with Crippen LogP contribution in [0.1, 0.15) is 47.1 Å². The lowest BCUT2D eigenvalue weighted by Gasteiger charge is -2.32. The lowest BCUT2D eigenvalue weighted by molar-refractivity contribution is -0.128. The van der Waals surface area contributed by atoms with Crippen molar-refractivity contribution in [3.8, 4) is 0 Å². The fourth-order valence-electron chi connectivity index (χ4n) is 2.22. The summed E-state index contributed by atoms with van der Waals surface area (Å²) < 4.78 is 2.04. The van der Waals surface area contributed by atoms with Crippen LogP contribution in [0.4, 0.5) is 0 Å². The molecule has 1 N–H and O–H groups in total. The van der Waals surface area contributed by atoms with E-state index in [-0.39, 0.29) is 22.8 Å². The number of benzene rings is 1. The van der Waals surface area contributed by atoms with E-state index >= 15 is 0 Å². The van der Waals surface area contributed by atoms with Crippen LogP contribution in [-0.4, -0.2) is 17.4 Å². The van der Waals surface area contributed by atoms with Crippen LogP contribution in [0.5, 0.6) is 0 Å². The molecule has 0 bridgehead atoms. The molecule has 0 saturated heterocycles. The minimum absolute atomic E-state index is 0.102. The van der Waals surface area contributed by atoms with Crippen LogP contribution in [0.3, 0.4) is 0 Å². The molecule has 0 aliphatic heterocycles. The van der Waals surface area contributed by atoms with E-state index in [1.807, 2.05) is 26.8 Å². The first kappa shape index (κ1) is 18.9. The first-order valence-corrected chi connectivity index (χ1v) is 8.74. The Morgan fingerprint density at radius 3 is 1.90 bits per heavy atom. The third kappa shape index (κ3) is 6.62. The van der Waals surface area contributed by atoms with Gasteiger partial charge in [-0.15, -0.1) is 0 Å². The number of nitrogens with one attached hydrogen (secondary N) is 1. The molecular weight excluding hydrogens is 394 g/mol. The van der Waals surface area contributed by atoms with Gasteiger partial charge in [-0.05, 0) is 51.0 Å². The van der Waals surface area contributed by atoms with Gasteiger partial charge in [0, 0.05) is 19.9 Å². The zero-order valence-corrected chi connectivity index (χ0v) is 16.9. The Hall–Kier alpha value is -0.190. The maximum Gasteiger partial charge on any atom is 0.155 e. The summed E-state index contributed by atoms with van der Waals surface area (Å²) in [7, 11) is 0. The Labute approximate surface area is 145 Å². The van der Waals surface area contributed by atoms with Gasteiger partial charge in [0.1, 0.15) is 0 Å². The molecule has 0 heterocycles. The molecule has 0 saturated carbocycles. The van der Waals surface area contributed by atoms with E-state index in [4.69, 9.17) is 0 Å². The topological polar surface area (TPSA) is 29.1 Å². The molecule has 2 nitrogen and oxygen atoms in total. The predicted octanol–water partition coefficient (Wildman–Crippen LogP) is 5.13. The Balaban J connectivity index is 3.04. The maximum atomic E-state index is 12.7. The molecule has 0 radical (unpaired) electrons. The molecule has 1 atom stereocenters. The molecule has 0 spiro atoms. The van der Waals surface area contributed by atoms with Gasteiger partial charge in [-0.1, -0.05) is 52.6 Å². The zero-order chi connectivity index (χ0) is 16.4. The molecule has 0 aromatic heterocycles. The fraction of sp³-hybridized carbons (Fsp3) is 0.588. The van der Waals surface area contributed by atoms with Gasteiger partial charge in [0.15, 0.2) is 5.78 Å². The monoisotopic (exact) mass is 417 g/mol. The SMILES string of the molecule is CC(C)(C)NC(Cc1cc(Br)cc(Br)c1)C(=O)C(C)(C)C. The van der Waals surface area contributed by atoms with Crippen molar-refractivity contribution in [3.63, 3.8) is 0 Å². The van der Waals surface area contributed by atoms with Gasteiger partial charge in [-0.3, -0.25) is 4.79 Å². The smallest absolute Gasteiger partial charge is 0.155 e. The van der Waals surface area contributed by atoms with Crippen LogP contribution < -0.4 is 5.32 Å². The molecule has 1 unspecified atom stereocenters. The lowest BCUT2D eigenvalue weighted by atomic mass is 9.83. The summed E-state index contributed by atoms with van der Waals surface area (Å²) in [4.78, 5) is 12.7. The Kier molecular flexibility index (Phi) is 6.22. The summed E-state index contributed by atoms with van der Waals surface area (Å²) in [6.07, 6.45) is 0.686. The highest BCUT2D eigenvalue weighted by molar-refractivity contribution is 9.11. The molecule has 1 aromatic rings. The van der Waals surface area contributed by atoms with Crippen LogP contribution in [-0.2, 0) is 11.2 Å². The number of hydrogen-bond acceptors (Lipinski definition) is 2. The predicted molar refractivity (Wildman–Crippen MR) is 96.7 cm³/mol. The molecule has 1 aromatic carbocycles. The highest BCUT2D eigenvalue weighted by Gasteiger charge is 2.32. The van der Waals surface area contributed by atoms with E-state index in [1.54, 1.807) is 0 Å². The number of Topliss-reactive ketones (excluding diaryl/α,β-unsaturated/α-hetero) is 1. The van der Waals surface area contributed by atoms with Crippen LogP contribution >= 0.6 is 31.9 Å². The third-order valence-electron chi connectivity index (χ3n) is 3.03. The minimum Gasteiger partial charge on any atom is -0.302 e. The van der Waals surface area contributed by atoms with E-state index in [9.17, 15) is 4.79 Å². The average molecular weight is 419 g/mol. The Bertz CT molecular complexity index is 492. The number of halogens is 2. The molecule has 0 fully saturated rings. The second-order valence-electron chi connectivity index (χ2n) is 7.54. The van der Waals surface area contributed by atoms with Gasteiger partial charge in [0.2, 0.25) is 0 Å². The van der Waals surface area contributed by atoms with E-state index in [0.717, 1.165) is 14.5 Å². The standard InChI is InChI=1S/C17H25Br2NO/c1-16(2,3)15(21)14(20-17(4,5)6)9-11-7-12(18)10-13(19)8-11/h7-8,10,14,20H,9H2,1-6H3. The van der Waals surface area contributed by atoms with Crippen molar-refractivity contribution in [1.82, 2.24) is 5.32 Å². The molecule has 21 heavy (non-hydrogen) atoms. The normalized spacial score (nSPS) is 14.1. The van der Waals surface area contributed by atoms with Crippen molar-refractivity contribution in [2.45, 2.75) is 59.5 Å². The van der Waals surface area contributed by atoms with Gasteiger partial charge in [0.05, 0.1) is 6.04 Å². The summed E-state index contributed by atoms with van der Waals surface area (Å²) in [6.45, 7) is 12.2. The van der Waals surface area contributed by atoms with Gasteiger partial charge >= 0.3 is 0 Å². The fourth-order valence-corrected chi connectivity index (χ4v) is 3.61. The quantitative estimate of drug-likeness (QED) is 0.734. The van der Waals surface area contributed by atoms with E-state index in [1.165, 1.54) is 0 Å². The number of ketones is 1. The van der Waals surface area contributed by atoms with E-state index in [0.29, 0.717) is 6.42 Å². The van der Waals surface area contributed by atoms with Gasteiger partial charge in [-0.25, -0.2) is 0 Å². The second kappa shape index (κ2) is 6.93. The van der Waals surface area contributed by atoms with Crippen molar-refractivity contribution in [1.29, 1.82) is 0 Å². The highest BCUT2D eigenvalue weighted by Crippen LogP contribution is 2.24. The van der Waals surface area contributed by atoms with Crippen molar-refractivity contribution in [2.24, 2.45) is 5.41 Å². The second-order valence-corrected chi connectivity index (χ2v) is 9.37. The number of hydrogen-bond donors (Lipinski definition) is 1. The largest absolute Gasteiger partial charge is 0.302 e. The number of carbonyl (C=O) groups excluding carboxylic acids is 1. The van der Waals surface area contributed by atoms with Crippen LogP contribution in [0.15, 0.2) is 27.1 Å². The molecule has 0 amide bonds. The highest BCUT2D eigenvalue weighted by atomic mass is 79.9. The Morgan fingerprint density at radius 2 is 1.52 bits per heavy atom. The van der Waals surface area contributed by atoms with Crippen LogP contribution in [0.2, 0.25) is 0 Å². The van der Waals surface area contributed by atoms with Gasteiger partial charge < -0.3 is 5.32 Å². The van der Waals surface area contributed by atoms with E-state index in [2.05, 4.69) is 70.1 Å². The van der Waals surface area contributed by atoms with Gasteiger partial charge in [-0.2, -0.15) is 0 Å². The average Bonchev–Trinajstić information content (AvgIpc) is 2.22. The molecule has 1 rings (SSSR count). The maximum absolute atomic E-state index is 12.7. The van der Waals surface area contributed by atoms with Crippen molar-refractivity contribution in [2.75, 3.05) is 0 Å². The Morgan fingerprint density at radius 1 is 1.05 bits per heavy atom. The van der Waals surface area contributed by atoms with Crippen molar-refractivity contribution < 1.29 is 4.79 Å². The summed E-state index contributed by atoms with van der Waals surface area (Å²) in [6, 6.07) is 5.95. The summed E-state index contributed by atoms with van der Waals surface area (Å²) in [5.74, 6) is 0.244. The van der Waals surface area contributed by atoms with Crippen molar-refractivity contribution in [3.05, 3.63) is 32.7 Å². The van der Waals surface area contributed by atoms with Gasteiger partial charge in [0.25, 0.3) is 0 Å².